The third kappa shape index (κ3) is 8.00. The average Bonchev–Trinajstić information content (AvgIpc) is 3.19. The minimum atomic E-state index is -2.29. The lowest BCUT2D eigenvalue weighted by atomic mass is 10.5. The number of ether oxygens (including phenoxy) is 2. The molecule has 0 amide bonds. The Hall–Kier alpha value is 0.588. The van der Waals surface area contributed by atoms with Gasteiger partial charge in [0.05, 0.1) is 13.2 Å². The second-order valence-corrected chi connectivity index (χ2v) is 15.9. The molecule has 0 bridgehead atoms. The van der Waals surface area contributed by atoms with Gasteiger partial charge in [0.25, 0.3) is 9.28 Å². The maximum absolute atomic E-state index is 6.29. The third-order valence-electron chi connectivity index (χ3n) is 3.61. The zero-order valence-corrected chi connectivity index (χ0v) is 19.2. The minimum absolute atomic E-state index is 0.252. The van der Waals surface area contributed by atoms with Gasteiger partial charge < -0.3 is 30.7 Å². The van der Waals surface area contributed by atoms with Crippen molar-refractivity contribution in [1.29, 1.82) is 0 Å². The summed E-state index contributed by atoms with van der Waals surface area (Å²) < 4.78 is 40.9. The van der Waals surface area contributed by atoms with Crippen LogP contribution >= 0.6 is 0 Å². The van der Waals surface area contributed by atoms with Crippen molar-refractivity contribution < 1.29 is 30.7 Å². The molecule has 0 aromatic heterocycles. The van der Waals surface area contributed by atoms with Crippen molar-refractivity contribution in [3.05, 3.63) is 0 Å². The summed E-state index contributed by atoms with van der Waals surface area (Å²) in [5, 5.41) is 0. The van der Waals surface area contributed by atoms with E-state index in [1.807, 2.05) is 20.0 Å². The average molecular weight is 399 g/mol. The Morgan fingerprint density at radius 3 is 2.43 bits per heavy atom. The second kappa shape index (κ2) is 9.33. The van der Waals surface area contributed by atoms with E-state index in [1.165, 1.54) is 0 Å². The van der Waals surface area contributed by atoms with Gasteiger partial charge >= 0.3 is 27.1 Å². The molecule has 2 fully saturated rings. The van der Waals surface area contributed by atoms with Crippen molar-refractivity contribution in [2.75, 3.05) is 19.8 Å². The van der Waals surface area contributed by atoms with E-state index in [4.69, 9.17) is 30.7 Å². The van der Waals surface area contributed by atoms with Crippen LogP contribution in [0.15, 0.2) is 0 Å². The molecule has 0 aliphatic carbocycles. The van der Waals surface area contributed by atoms with Crippen LogP contribution in [0.1, 0.15) is 13.3 Å². The third-order valence-corrected chi connectivity index (χ3v) is 16.1. The molecule has 23 heavy (non-hydrogen) atoms. The minimum Gasteiger partial charge on any atom is -0.420 e. The fraction of sp³-hybridized carbons (Fsp3) is 1.00. The number of epoxide rings is 1. The predicted molar refractivity (Wildman–Crippen MR) is 95.5 cm³/mol. The molecular weight excluding hydrogens is 368 g/mol. The normalized spacial score (nSPS) is 42.4. The molecule has 2 heterocycles. The Morgan fingerprint density at radius 2 is 1.74 bits per heavy atom. The van der Waals surface area contributed by atoms with Crippen molar-refractivity contribution in [2.24, 2.45) is 0 Å². The van der Waals surface area contributed by atoms with Gasteiger partial charge in [-0.1, -0.05) is 0 Å². The molecule has 6 atom stereocenters. The summed E-state index contributed by atoms with van der Waals surface area (Å²) in [4.78, 5) is 0. The van der Waals surface area contributed by atoms with Gasteiger partial charge in [-0.25, -0.2) is 0 Å². The lowest BCUT2D eigenvalue weighted by Crippen LogP contribution is -2.51. The van der Waals surface area contributed by atoms with Crippen LogP contribution < -0.4 is 0 Å². The Kier molecular flexibility index (Phi) is 8.08. The SMILES string of the molecule is CC1O[SiH](C)O[SiH](C)O[Si](C)(CCCOCC2CO2)O[SiH](C)O1. The first-order chi connectivity index (χ1) is 10.9. The van der Waals surface area contributed by atoms with Crippen molar-refractivity contribution >= 4 is 36.4 Å². The van der Waals surface area contributed by atoms with E-state index in [1.54, 1.807) is 0 Å². The molecule has 2 aliphatic heterocycles. The summed E-state index contributed by atoms with van der Waals surface area (Å²) in [7, 11) is -7.51. The highest BCUT2D eigenvalue weighted by Crippen LogP contribution is 2.21. The van der Waals surface area contributed by atoms with Crippen molar-refractivity contribution in [3.63, 3.8) is 0 Å². The van der Waals surface area contributed by atoms with Gasteiger partial charge in [-0.3, -0.25) is 0 Å². The lowest BCUT2D eigenvalue weighted by Gasteiger charge is -2.36. The standard InChI is InChI=1S/C12H30O7Si4/c1-11-15-20(2)17-22(4)19-23(5,18-21(3)16-11)8-6-7-13-9-12-10-14-12/h11-12,20-22H,6-10H2,1-5H3. The van der Waals surface area contributed by atoms with Gasteiger partial charge in [0, 0.05) is 6.61 Å². The highest BCUT2D eigenvalue weighted by molar-refractivity contribution is 6.78. The van der Waals surface area contributed by atoms with E-state index in [0.717, 1.165) is 19.1 Å². The zero-order valence-electron chi connectivity index (χ0n) is 14.8. The first kappa shape index (κ1) is 19.9. The molecule has 6 unspecified atom stereocenters. The first-order valence-corrected chi connectivity index (χ1v) is 17.2. The molecular formula is C12H30O7Si4. The van der Waals surface area contributed by atoms with Crippen LogP contribution in [0, 0.1) is 0 Å². The summed E-state index contributed by atoms with van der Waals surface area (Å²) in [6, 6.07) is 0.894. The molecule has 0 radical (unpaired) electrons. The van der Waals surface area contributed by atoms with Gasteiger partial charge in [-0.05, 0) is 45.6 Å². The molecule has 0 aromatic carbocycles. The van der Waals surface area contributed by atoms with Crippen LogP contribution in [0.3, 0.4) is 0 Å². The van der Waals surface area contributed by atoms with E-state index >= 15 is 0 Å². The Morgan fingerprint density at radius 1 is 1.09 bits per heavy atom. The summed E-state index contributed by atoms with van der Waals surface area (Å²) in [6.07, 6.45) is 0.993. The Balaban J connectivity index is 1.83. The number of rotatable bonds is 6. The molecule has 0 spiro atoms. The fourth-order valence-corrected chi connectivity index (χ4v) is 15.4. The number of hydrogen-bond acceptors (Lipinski definition) is 7. The zero-order chi connectivity index (χ0) is 16.9. The van der Waals surface area contributed by atoms with Crippen molar-refractivity contribution in [1.82, 2.24) is 0 Å². The van der Waals surface area contributed by atoms with Crippen LogP contribution in [0.25, 0.3) is 0 Å². The monoisotopic (exact) mass is 398 g/mol. The molecule has 0 saturated carbocycles. The summed E-state index contributed by atoms with van der Waals surface area (Å²) in [5.74, 6) is 0. The highest BCUT2D eigenvalue weighted by Gasteiger charge is 2.38. The smallest absolute Gasteiger partial charge is 0.317 e. The van der Waals surface area contributed by atoms with E-state index in [0.29, 0.717) is 19.3 Å². The van der Waals surface area contributed by atoms with E-state index < -0.39 is 36.4 Å². The van der Waals surface area contributed by atoms with Crippen molar-refractivity contribution in [2.45, 2.75) is 58.0 Å². The summed E-state index contributed by atoms with van der Waals surface area (Å²) in [5.41, 5.74) is 0. The molecule has 0 aromatic rings. The molecule has 2 aliphatic rings. The van der Waals surface area contributed by atoms with Crippen molar-refractivity contribution in [3.8, 4) is 0 Å². The van der Waals surface area contributed by atoms with Gasteiger partial charge in [0.15, 0.2) is 0 Å². The van der Waals surface area contributed by atoms with Crippen LogP contribution in [0.5, 0.6) is 0 Å². The van der Waals surface area contributed by atoms with Gasteiger partial charge in [-0.15, -0.1) is 0 Å². The second-order valence-electron chi connectivity index (χ2n) is 6.18. The fourth-order valence-electron chi connectivity index (χ4n) is 2.65. The summed E-state index contributed by atoms with van der Waals surface area (Å²) in [6.45, 7) is 12.4. The first-order valence-electron chi connectivity index (χ1n) is 8.38. The van der Waals surface area contributed by atoms with Crippen LogP contribution in [-0.2, 0) is 30.7 Å². The van der Waals surface area contributed by atoms with Gasteiger partial charge in [0.1, 0.15) is 12.4 Å². The predicted octanol–water partition coefficient (Wildman–Crippen LogP) is 0.857. The van der Waals surface area contributed by atoms with E-state index in [9.17, 15) is 0 Å². The van der Waals surface area contributed by atoms with E-state index in [-0.39, 0.29) is 6.29 Å². The molecule has 7 nitrogen and oxygen atoms in total. The largest absolute Gasteiger partial charge is 0.420 e. The van der Waals surface area contributed by atoms with Gasteiger partial charge in [-0.2, -0.15) is 0 Å². The van der Waals surface area contributed by atoms with Crippen LogP contribution in [-0.4, -0.2) is 68.6 Å². The topological polar surface area (TPSA) is 67.9 Å². The van der Waals surface area contributed by atoms with Crippen LogP contribution in [0.2, 0.25) is 32.2 Å². The molecule has 11 heteroatoms. The molecule has 0 N–H and O–H groups in total. The maximum Gasteiger partial charge on any atom is 0.317 e. The lowest BCUT2D eigenvalue weighted by molar-refractivity contribution is -0.00851. The number of hydrogen-bond donors (Lipinski definition) is 0. The molecule has 2 rings (SSSR count). The maximum atomic E-state index is 6.29. The molecule has 136 valence electrons. The van der Waals surface area contributed by atoms with Crippen LogP contribution in [0.4, 0.5) is 0 Å². The summed E-state index contributed by atoms with van der Waals surface area (Å²) >= 11 is 0. The Labute approximate surface area is 145 Å². The quantitative estimate of drug-likeness (QED) is 0.373. The molecule has 2 saturated heterocycles. The highest BCUT2D eigenvalue weighted by atomic mass is 28.5. The van der Waals surface area contributed by atoms with Gasteiger partial charge in [0.2, 0.25) is 0 Å². The Bertz CT molecular complexity index is 342. The van der Waals surface area contributed by atoms with E-state index in [2.05, 4.69) is 13.1 Å².